The molecule has 2 N–H and O–H groups in total. The lowest BCUT2D eigenvalue weighted by Crippen LogP contribution is -2.43. The van der Waals surface area contributed by atoms with Crippen LogP contribution >= 0.6 is 0 Å². The Bertz CT molecular complexity index is 615. The number of sulfonamides is 1. The zero-order valence-electron chi connectivity index (χ0n) is 12.6. The summed E-state index contributed by atoms with van der Waals surface area (Å²) in [5.74, 6) is -0.298. The smallest absolute Gasteiger partial charge is 0.267 e. The van der Waals surface area contributed by atoms with Gasteiger partial charge in [0.1, 0.15) is 10.6 Å². The van der Waals surface area contributed by atoms with Gasteiger partial charge < -0.3 is 15.2 Å². The third-order valence-electron chi connectivity index (χ3n) is 3.94. The minimum Gasteiger partial charge on any atom is -0.354 e. The van der Waals surface area contributed by atoms with Gasteiger partial charge >= 0.3 is 0 Å². The lowest BCUT2D eigenvalue weighted by Gasteiger charge is -2.30. The fraction of sp³-hybridized carbons (Fsp3) is 0.615. The molecule has 21 heavy (non-hydrogen) atoms. The second-order valence-corrected chi connectivity index (χ2v) is 7.16. The van der Waals surface area contributed by atoms with E-state index >= 15 is 0 Å². The molecule has 7 nitrogen and oxygen atoms in total. The molecule has 1 aliphatic heterocycles. The van der Waals surface area contributed by atoms with Crippen LogP contribution < -0.4 is 10.6 Å². The molecule has 2 heterocycles. The van der Waals surface area contributed by atoms with Gasteiger partial charge in [-0.25, -0.2) is 8.42 Å². The molecular formula is C13H22N4O3S. The number of nitrogens with one attached hydrogen (secondary N) is 2. The molecule has 0 atom stereocenters. The molecule has 8 heteroatoms. The summed E-state index contributed by atoms with van der Waals surface area (Å²) in [5, 5.41) is 5.68. The largest absolute Gasteiger partial charge is 0.354 e. The van der Waals surface area contributed by atoms with Crippen LogP contribution in [0.4, 0.5) is 0 Å². The van der Waals surface area contributed by atoms with E-state index in [4.69, 9.17) is 0 Å². The normalized spacial score (nSPS) is 17.9. The molecule has 0 aromatic carbocycles. The molecule has 0 bridgehead atoms. The first-order chi connectivity index (χ1) is 9.90. The second-order valence-electron chi connectivity index (χ2n) is 5.22. The van der Waals surface area contributed by atoms with Gasteiger partial charge in [-0.15, -0.1) is 0 Å². The minimum atomic E-state index is -3.53. The maximum Gasteiger partial charge on any atom is 0.267 e. The third-order valence-corrected chi connectivity index (χ3v) is 5.80. The Morgan fingerprint density at radius 3 is 2.43 bits per heavy atom. The summed E-state index contributed by atoms with van der Waals surface area (Å²) in [5.41, 5.74) is 0.334. The molecular weight excluding hydrogens is 292 g/mol. The van der Waals surface area contributed by atoms with E-state index in [0.717, 1.165) is 12.8 Å². The Labute approximate surface area is 125 Å². The molecule has 118 valence electrons. The van der Waals surface area contributed by atoms with E-state index in [1.54, 1.807) is 7.05 Å². The molecule has 0 saturated carbocycles. The molecule has 0 radical (unpaired) electrons. The van der Waals surface area contributed by atoms with Crippen molar-refractivity contribution in [2.45, 2.75) is 23.8 Å². The first kappa shape index (κ1) is 16.0. The topological polar surface area (TPSA) is 83.4 Å². The quantitative estimate of drug-likeness (QED) is 0.803. The van der Waals surface area contributed by atoms with E-state index in [9.17, 15) is 13.2 Å². The Hall–Kier alpha value is -1.38. The van der Waals surface area contributed by atoms with Crippen molar-refractivity contribution >= 4 is 15.9 Å². The van der Waals surface area contributed by atoms with Gasteiger partial charge in [-0.1, -0.05) is 0 Å². The van der Waals surface area contributed by atoms with Gasteiger partial charge in [-0.2, -0.15) is 4.31 Å². The lowest BCUT2D eigenvalue weighted by molar-refractivity contribution is 0.0955. The van der Waals surface area contributed by atoms with Crippen molar-refractivity contribution < 1.29 is 13.2 Å². The van der Waals surface area contributed by atoms with Crippen LogP contribution in [0.3, 0.4) is 0 Å². The molecule has 2 rings (SSSR count). The Morgan fingerprint density at radius 2 is 1.90 bits per heavy atom. The summed E-state index contributed by atoms with van der Waals surface area (Å²) in [4.78, 5) is 11.9. The van der Waals surface area contributed by atoms with Crippen LogP contribution in [0.15, 0.2) is 17.2 Å². The van der Waals surface area contributed by atoms with Crippen molar-refractivity contribution in [1.29, 1.82) is 0 Å². The zero-order valence-corrected chi connectivity index (χ0v) is 13.4. The summed E-state index contributed by atoms with van der Waals surface area (Å²) >= 11 is 0. The standard InChI is InChI=1S/C13H22N4O3S/c1-14-10-4-6-17(7-5-10)21(19,20)11-8-12(13(18)15-2)16(3)9-11/h8-10,14H,4-7H2,1-3H3,(H,15,18). The number of amides is 1. The van der Waals surface area contributed by atoms with E-state index in [2.05, 4.69) is 10.6 Å². The Morgan fingerprint density at radius 1 is 1.29 bits per heavy atom. The average molecular weight is 314 g/mol. The number of nitrogens with zero attached hydrogens (tertiary/aromatic N) is 2. The van der Waals surface area contributed by atoms with Crippen molar-refractivity contribution in [3.63, 3.8) is 0 Å². The van der Waals surface area contributed by atoms with Crippen molar-refractivity contribution in [2.75, 3.05) is 27.2 Å². The van der Waals surface area contributed by atoms with E-state index in [1.165, 1.54) is 28.2 Å². The van der Waals surface area contributed by atoms with Crippen LogP contribution in [0.1, 0.15) is 23.3 Å². The number of carbonyl (C=O) groups is 1. The molecule has 0 spiro atoms. The number of carbonyl (C=O) groups excluding carboxylic acids is 1. The van der Waals surface area contributed by atoms with Gasteiger partial charge in [0, 0.05) is 39.4 Å². The maximum absolute atomic E-state index is 12.6. The fourth-order valence-corrected chi connectivity index (χ4v) is 4.10. The predicted molar refractivity (Wildman–Crippen MR) is 79.6 cm³/mol. The predicted octanol–water partition coefficient (Wildman–Crippen LogP) is -0.243. The Balaban J connectivity index is 2.22. The van der Waals surface area contributed by atoms with Crippen molar-refractivity contribution in [2.24, 2.45) is 7.05 Å². The average Bonchev–Trinajstić information content (AvgIpc) is 2.89. The van der Waals surface area contributed by atoms with E-state index in [1.807, 2.05) is 7.05 Å². The number of rotatable bonds is 4. The van der Waals surface area contributed by atoms with Crippen molar-refractivity contribution in [1.82, 2.24) is 19.5 Å². The van der Waals surface area contributed by atoms with Crippen LogP contribution in [0, 0.1) is 0 Å². The monoisotopic (exact) mass is 314 g/mol. The highest BCUT2D eigenvalue weighted by molar-refractivity contribution is 7.89. The lowest BCUT2D eigenvalue weighted by atomic mass is 10.1. The highest BCUT2D eigenvalue weighted by Gasteiger charge is 2.30. The van der Waals surface area contributed by atoms with Crippen molar-refractivity contribution in [3.05, 3.63) is 18.0 Å². The second kappa shape index (κ2) is 6.17. The third kappa shape index (κ3) is 3.12. The maximum atomic E-state index is 12.6. The van der Waals surface area contributed by atoms with E-state index in [-0.39, 0.29) is 10.8 Å². The number of hydrogen-bond acceptors (Lipinski definition) is 4. The summed E-state index contributed by atoms with van der Waals surface area (Å²) < 4.78 is 28.3. The molecule has 1 aliphatic rings. The SMILES string of the molecule is CNC(=O)c1cc(S(=O)(=O)N2CCC(NC)CC2)cn1C. The summed E-state index contributed by atoms with van der Waals surface area (Å²) in [7, 11) is 1.54. The highest BCUT2D eigenvalue weighted by Crippen LogP contribution is 2.22. The van der Waals surface area contributed by atoms with Gasteiger partial charge in [0.05, 0.1) is 0 Å². The molecule has 0 unspecified atom stereocenters. The van der Waals surface area contributed by atoms with Gasteiger partial charge in [0.15, 0.2) is 0 Å². The zero-order chi connectivity index (χ0) is 15.6. The molecule has 1 aromatic rings. The molecule has 1 aromatic heterocycles. The van der Waals surface area contributed by atoms with Gasteiger partial charge in [-0.05, 0) is 26.0 Å². The van der Waals surface area contributed by atoms with Crippen LogP contribution in [0.5, 0.6) is 0 Å². The number of hydrogen-bond donors (Lipinski definition) is 2. The van der Waals surface area contributed by atoms with Gasteiger partial charge in [0.25, 0.3) is 5.91 Å². The first-order valence-electron chi connectivity index (χ1n) is 6.96. The van der Waals surface area contributed by atoms with Crippen molar-refractivity contribution in [3.8, 4) is 0 Å². The Kier molecular flexibility index (Phi) is 4.70. The highest BCUT2D eigenvalue weighted by atomic mass is 32.2. The number of aryl methyl sites for hydroxylation is 1. The number of piperidine rings is 1. The van der Waals surface area contributed by atoms with Gasteiger partial charge in [-0.3, -0.25) is 4.79 Å². The summed E-state index contributed by atoms with van der Waals surface area (Å²) in [6, 6.07) is 1.80. The molecule has 1 saturated heterocycles. The number of aromatic nitrogens is 1. The summed E-state index contributed by atoms with van der Waals surface area (Å²) in [6.07, 6.45) is 3.08. The van der Waals surface area contributed by atoms with Crippen LogP contribution in [-0.4, -0.2) is 56.4 Å². The fourth-order valence-electron chi connectivity index (χ4n) is 2.56. The molecule has 0 aliphatic carbocycles. The van der Waals surface area contributed by atoms with Gasteiger partial charge in [0.2, 0.25) is 10.0 Å². The molecule has 1 amide bonds. The van der Waals surface area contributed by atoms with E-state index in [0.29, 0.717) is 24.8 Å². The first-order valence-corrected chi connectivity index (χ1v) is 8.40. The summed E-state index contributed by atoms with van der Waals surface area (Å²) in [6.45, 7) is 0.996. The van der Waals surface area contributed by atoms with Crippen LogP contribution in [0.2, 0.25) is 0 Å². The van der Waals surface area contributed by atoms with Crippen LogP contribution in [-0.2, 0) is 17.1 Å². The van der Waals surface area contributed by atoms with E-state index < -0.39 is 10.0 Å². The minimum absolute atomic E-state index is 0.173. The molecule has 1 fully saturated rings. The van der Waals surface area contributed by atoms with Crippen LogP contribution in [0.25, 0.3) is 0 Å².